The quantitative estimate of drug-likeness (QED) is 0.453. The van der Waals surface area contributed by atoms with Crippen LogP contribution in [-0.4, -0.2) is 26.6 Å². The number of amides is 1. The number of rotatable bonds is 7. The molecule has 0 unspecified atom stereocenters. The van der Waals surface area contributed by atoms with E-state index >= 15 is 0 Å². The summed E-state index contributed by atoms with van der Waals surface area (Å²) >= 11 is 0. The summed E-state index contributed by atoms with van der Waals surface area (Å²) in [7, 11) is 0. The van der Waals surface area contributed by atoms with E-state index in [4.69, 9.17) is 18.7 Å². The van der Waals surface area contributed by atoms with Crippen LogP contribution in [0.2, 0.25) is 0 Å². The average Bonchev–Trinajstić information content (AvgIpc) is 3.41. The van der Waals surface area contributed by atoms with Gasteiger partial charge < -0.3 is 19.0 Å². The number of hydrogen-bond acceptors (Lipinski definition) is 7. The Labute approximate surface area is 186 Å². The fraction of sp³-hybridized carbons (Fsp3) is 0.333. The van der Waals surface area contributed by atoms with Gasteiger partial charge in [-0.25, -0.2) is 4.98 Å². The van der Waals surface area contributed by atoms with Crippen LogP contribution in [0.25, 0.3) is 22.3 Å². The first-order valence-corrected chi connectivity index (χ1v) is 10.5. The Morgan fingerprint density at radius 2 is 2.00 bits per heavy atom. The summed E-state index contributed by atoms with van der Waals surface area (Å²) in [5, 5.41) is 7.87. The van der Waals surface area contributed by atoms with E-state index in [9.17, 15) is 4.79 Å². The number of carbonyl (C=O) groups excluding carboxylic acids is 1. The molecule has 32 heavy (non-hydrogen) atoms. The summed E-state index contributed by atoms with van der Waals surface area (Å²) in [6, 6.07) is 11.6. The zero-order valence-electron chi connectivity index (χ0n) is 18.6. The monoisotopic (exact) mass is 434 g/mol. The van der Waals surface area contributed by atoms with Crippen molar-refractivity contribution in [1.29, 1.82) is 0 Å². The number of furan rings is 1. The van der Waals surface area contributed by atoms with Gasteiger partial charge in [-0.05, 0) is 57.5 Å². The minimum Gasteiger partial charge on any atom is -0.471 e. The fourth-order valence-electron chi connectivity index (χ4n) is 3.16. The summed E-state index contributed by atoms with van der Waals surface area (Å²) in [5.41, 5.74) is 2.16. The van der Waals surface area contributed by atoms with Crippen LogP contribution in [0.1, 0.15) is 44.4 Å². The van der Waals surface area contributed by atoms with E-state index < -0.39 is 5.60 Å². The predicted octanol–water partition coefficient (Wildman–Crippen LogP) is 4.61. The normalized spacial score (nSPS) is 11.6. The summed E-state index contributed by atoms with van der Waals surface area (Å²) in [6.45, 7) is 8.25. The van der Waals surface area contributed by atoms with Crippen molar-refractivity contribution in [3.05, 3.63) is 59.9 Å². The van der Waals surface area contributed by atoms with Crippen LogP contribution in [0, 0.1) is 6.92 Å². The molecule has 0 aliphatic heterocycles. The molecule has 4 aromatic rings. The molecule has 0 aliphatic carbocycles. The molecule has 3 aromatic heterocycles. The molecule has 8 nitrogen and oxygen atoms in total. The van der Waals surface area contributed by atoms with Crippen LogP contribution in [0.3, 0.4) is 0 Å². The molecule has 8 heteroatoms. The van der Waals surface area contributed by atoms with Gasteiger partial charge >= 0.3 is 0 Å². The maximum atomic E-state index is 12.1. The predicted molar refractivity (Wildman–Crippen MR) is 119 cm³/mol. The van der Waals surface area contributed by atoms with Gasteiger partial charge in [-0.15, -0.1) is 0 Å². The number of nitrogens with zero attached hydrogens (tertiary/aromatic N) is 3. The van der Waals surface area contributed by atoms with E-state index in [0.717, 1.165) is 16.5 Å². The lowest BCUT2D eigenvalue weighted by Gasteiger charge is -2.22. The second-order valence-electron chi connectivity index (χ2n) is 8.62. The lowest BCUT2D eigenvalue weighted by Crippen LogP contribution is -2.24. The average molecular weight is 434 g/mol. The summed E-state index contributed by atoms with van der Waals surface area (Å²) < 4.78 is 16.7. The third-order valence-corrected chi connectivity index (χ3v) is 4.66. The Kier molecular flexibility index (Phi) is 5.94. The van der Waals surface area contributed by atoms with Gasteiger partial charge in [0, 0.05) is 18.2 Å². The van der Waals surface area contributed by atoms with E-state index in [1.54, 1.807) is 18.4 Å². The molecule has 0 aliphatic rings. The molecule has 0 radical (unpaired) electrons. The summed E-state index contributed by atoms with van der Waals surface area (Å²) in [6.07, 6.45) is 2.12. The topological polar surface area (TPSA) is 103 Å². The first-order valence-electron chi connectivity index (χ1n) is 10.5. The molecule has 0 spiro atoms. The fourth-order valence-corrected chi connectivity index (χ4v) is 3.16. The highest BCUT2D eigenvalue weighted by atomic mass is 16.5. The van der Waals surface area contributed by atoms with E-state index in [0.29, 0.717) is 41.9 Å². The Bertz CT molecular complexity index is 1220. The van der Waals surface area contributed by atoms with E-state index in [-0.39, 0.29) is 12.3 Å². The zero-order valence-corrected chi connectivity index (χ0v) is 18.6. The van der Waals surface area contributed by atoms with Crippen LogP contribution in [0.4, 0.5) is 0 Å². The van der Waals surface area contributed by atoms with Crippen LogP contribution in [0.5, 0.6) is 5.88 Å². The second-order valence-corrected chi connectivity index (χ2v) is 8.62. The largest absolute Gasteiger partial charge is 0.471 e. The third-order valence-electron chi connectivity index (χ3n) is 4.66. The minimum absolute atomic E-state index is 0.124. The van der Waals surface area contributed by atoms with E-state index in [1.807, 2.05) is 52.0 Å². The lowest BCUT2D eigenvalue weighted by molar-refractivity contribution is -0.121. The smallest absolute Gasteiger partial charge is 0.227 e. The van der Waals surface area contributed by atoms with Crippen molar-refractivity contribution >= 4 is 16.8 Å². The van der Waals surface area contributed by atoms with Gasteiger partial charge in [-0.1, -0.05) is 17.3 Å². The van der Waals surface area contributed by atoms with Gasteiger partial charge in [-0.3, -0.25) is 4.79 Å². The van der Waals surface area contributed by atoms with Crippen molar-refractivity contribution in [2.45, 2.75) is 52.7 Å². The van der Waals surface area contributed by atoms with Gasteiger partial charge in [0.2, 0.25) is 23.5 Å². The van der Waals surface area contributed by atoms with Crippen molar-refractivity contribution in [1.82, 2.24) is 20.4 Å². The van der Waals surface area contributed by atoms with Crippen LogP contribution >= 0.6 is 0 Å². The van der Waals surface area contributed by atoms with Crippen molar-refractivity contribution in [3.8, 4) is 17.3 Å². The number of pyridine rings is 1. The molecular formula is C24H26N4O4. The molecule has 1 amide bonds. The van der Waals surface area contributed by atoms with Crippen molar-refractivity contribution in [3.63, 3.8) is 0 Å². The van der Waals surface area contributed by atoms with Crippen molar-refractivity contribution in [2.24, 2.45) is 0 Å². The molecule has 0 saturated heterocycles. The van der Waals surface area contributed by atoms with Crippen LogP contribution in [-0.2, 0) is 17.8 Å². The molecule has 0 bridgehead atoms. The Hall–Kier alpha value is -3.68. The van der Waals surface area contributed by atoms with Crippen LogP contribution < -0.4 is 10.1 Å². The maximum absolute atomic E-state index is 12.1. The van der Waals surface area contributed by atoms with Gasteiger partial charge in [0.05, 0.1) is 23.9 Å². The number of ether oxygens (including phenoxy) is 1. The number of benzene rings is 1. The molecule has 4 rings (SSSR count). The highest BCUT2D eigenvalue weighted by molar-refractivity contribution is 5.85. The molecule has 0 saturated carbocycles. The maximum Gasteiger partial charge on any atom is 0.227 e. The molecule has 1 aromatic carbocycles. The molecule has 0 atom stereocenters. The highest BCUT2D eigenvalue weighted by Gasteiger charge is 2.21. The molecule has 0 fully saturated rings. The SMILES string of the molecule is Cc1ccc2cc(-c3noc(CCC(=O)NCc4ccco4)n3)c(OC(C)(C)C)nc2c1. The lowest BCUT2D eigenvalue weighted by atomic mass is 10.1. The standard InChI is InChI=1S/C24H26N4O4/c1-15-7-8-16-13-18(23(26-19(16)12-15)31-24(2,3)4)22-27-21(32-28-22)10-9-20(29)25-14-17-6-5-11-30-17/h5-8,11-13H,9-10,14H2,1-4H3,(H,25,29). The van der Waals surface area contributed by atoms with Crippen LogP contribution in [0.15, 0.2) is 51.6 Å². The van der Waals surface area contributed by atoms with E-state index in [1.165, 1.54) is 0 Å². The molecule has 166 valence electrons. The number of nitrogens with one attached hydrogen (secondary N) is 1. The van der Waals surface area contributed by atoms with Gasteiger partial charge in [0.1, 0.15) is 11.4 Å². The number of aromatic nitrogens is 3. The highest BCUT2D eigenvalue weighted by Crippen LogP contribution is 2.32. The minimum atomic E-state index is -0.447. The summed E-state index contributed by atoms with van der Waals surface area (Å²) in [5.74, 6) is 1.77. The van der Waals surface area contributed by atoms with Crippen molar-refractivity contribution < 1.29 is 18.5 Å². The number of carbonyl (C=O) groups is 1. The number of fused-ring (bicyclic) bond motifs is 1. The zero-order chi connectivity index (χ0) is 22.7. The first-order chi connectivity index (χ1) is 15.3. The Balaban J connectivity index is 1.51. The first kappa shape index (κ1) is 21.5. The Morgan fingerprint density at radius 1 is 1.16 bits per heavy atom. The summed E-state index contributed by atoms with van der Waals surface area (Å²) in [4.78, 5) is 21.3. The molecular weight excluding hydrogens is 408 g/mol. The molecule has 1 N–H and O–H groups in total. The van der Waals surface area contributed by atoms with E-state index in [2.05, 4.69) is 15.5 Å². The van der Waals surface area contributed by atoms with Gasteiger partial charge in [0.25, 0.3) is 0 Å². The second kappa shape index (κ2) is 8.82. The molecule has 3 heterocycles. The van der Waals surface area contributed by atoms with Gasteiger partial charge in [0.15, 0.2) is 0 Å². The van der Waals surface area contributed by atoms with Gasteiger partial charge in [-0.2, -0.15) is 4.98 Å². The third kappa shape index (κ3) is 5.32. The van der Waals surface area contributed by atoms with Crippen molar-refractivity contribution in [2.75, 3.05) is 0 Å². The number of aryl methyl sites for hydroxylation is 2. The number of hydrogen-bond donors (Lipinski definition) is 1. The Morgan fingerprint density at radius 3 is 2.75 bits per heavy atom.